The Hall–Kier alpha value is -0.633. The third-order valence-electron chi connectivity index (χ3n) is 1.88. The van der Waals surface area contributed by atoms with Gasteiger partial charge in [0.15, 0.2) is 14.4 Å². The second kappa shape index (κ2) is 4.93. The molecular formula is C11H17NOSSi. The summed E-state index contributed by atoms with van der Waals surface area (Å²) in [6.07, 6.45) is 0.650. The lowest BCUT2D eigenvalue weighted by molar-refractivity contribution is 0.259. The van der Waals surface area contributed by atoms with Crippen molar-refractivity contribution < 1.29 is 4.43 Å². The first-order valence-corrected chi connectivity index (χ1v) is 9.35. The Morgan fingerprint density at radius 2 is 2.13 bits per heavy atom. The quantitative estimate of drug-likeness (QED) is 0.750. The minimum atomic E-state index is -1.64. The number of thiophene rings is 1. The lowest BCUT2D eigenvalue weighted by Crippen LogP contribution is -2.27. The zero-order valence-corrected chi connectivity index (χ0v) is 11.5. The highest BCUT2D eigenvalue weighted by atomic mass is 32.1. The van der Waals surface area contributed by atoms with E-state index in [4.69, 9.17) is 9.69 Å². The highest BCUT2D eigenvalue weighted by Crippen LogP contribution is 2.28. The van der Waals surface area contributed by atoms with Crippen molar-refractivity contribution in [2.24, 2.45) is 0 Å². The molecule has 1 aromatic heterocycles. The first-order valence-electron chi connectivity index (χ1n) is 5.12. The van der Waals surface area contributed by atoms with Crippen LogP contribution in [-0.2, 0) is 10.8 Å². The van der Waals surface area contributed by atoms with Crippen LogP contribution in [-0.4, -0.2) is 8.32 Å². The van der Waals surface area contributed by atoms with Crippen LogP contribution >= 0.6 is 11.3 Å². The molecule has 0 saturated heterocycles. The van der Waals surface area contributed by atoms with E-state index >= 15 is 0 Å². The average molecular weight is 239 g/mol. The number of hydrogen-bond acceptors (Lipinski definition) is 3. The summed E-state index contributed by atoms with van der Waals surface area (Å²) in [6, 6.07) is 6.33. The van der Waals surface area contributed by atoms with E-state index in [9.17, 15) is 0 Å². The molecule has 15 heavy (non-hydrogen) atoms. The molecule has 0 saturated carbocycles. The highest BCUT2D eigenvalue weighted by Gasteiger charge is 2.23. The molecule has 1 heterocycles. The van der Waals surface area contributed by atoms with Crippen LogP contribution < -0.4 is 0 Å². The van der Waals surface area contributed by atoms with Gasteiger partial charge in [-0.3, -0.25) is 0 Å². The van der Waals surface area contributed by atoms with E-state index in [1.807, 2.05) is 6.07 Å². The van der Waals surface area contributed by atoms with Crippen molar-refractivity contribution >= 4 is 19.7 Å². The zero-order valence-electron chi connectivity index (χ0n) is 9.70. The molecule has 0 radical (unpaired) electrons. The molecule has 0 aromatic carbocycles. The molecule has 0 aliphatic carbocycles. The first kappa shape index (κ1) is 12.4. The van der Waals surface area contributed by atoms with Crippen LogP contribution in [0.3, 0.4) is 0 Å². The maximum atomic E-state index is 9.08. The number of aryl methyl sites for hydroxylation is 1. The number of rotatable bonds is 4. The summed E-state index contributed by atoms with van der Waals surface area (Å²) in [4.78, 5) is 2.35. The van der Waals surface area contributed by atoms with Gasteiger partial charge in [0.05, 0.1) is 6.07 Å². The van der Waals surface area contributed by atoms with Crippen molar-refractivity contribution in [2.45, 2.75) is 39.1 Å². The van der Waals surface area contributed by atoms with Gasteiger partial charge in [0.25, 0.3) is 0 Å². The van der Waals surface area contributed by atoms with Gasteiger partial charge >= 0.3 is 0 Å². The van der Waals surface area contributed by atoms with Crippen LogP contribution in [0.4, 0.5) is 0 Å². The molecule has 1 unspecified atom stereocenters. The molecule has 0 N–H and O–H groups in total. The Morgan fingerprint density at radius 1 is 1.47 bits per heavy atom. The van der Waals surface area contributed by atoms with Gasteiger partial charge in [-0.15, -0.1) is 11.3 Å². The van der Waals surface area contributed by atoms with E-state index in [0.717, 1.165) is 11.3 Å². The third kappa shape index (κ3) is 3.78. The Balaban J connectivity index is 2.80. The van der Waals surface area contributed by atoms with Crippen molar-refractivity contribution in [1.29, 1.82) is 5.26 Å². The highest BCUT2D eigenvalue weighted by molar-refractivity contribution is 7.12. The Bertz CT molecular complexity index is 361. The first-order chi connectivity index (χ1) is 6.96. The minimum Gasteiger partial charge on any atom is -0.398 e. The van der Waals surface area contributed by atoms with Gasteiger partial charge in [0, 0.05) is 9.75 Å². The summed E-state index contributed by atoms with van der Waals surface area (Å²) < 4.78 is 5.82. The van der Waals surface area contributed by atoms with Gasteiger partial charge in [-0.2, -0.15) is 5.26 Å². The molecule has 82 valence electrons. The van der Waals surface area contributed by atoms with Crippen molar-refractivity contribution in [2.75, 3.05) is 0 Å². The van der Waals surface area contributed by atoms with Crippen LogP contribution in [0.15, 0.2) is 12.1 Å². The fourth-order valence-corrected chi connectivity index (χ4v) is 3.13. The summed E-state index contributed by atoms with van der Waals surface area (Å²) in [5.74, 6) is 0. The van der Waals surface area contributed by atoms with Gasteiger partial charge in [-0.25, -0.2) is 0 Å². The fourth-order valence-electron chi connectivity index (χ4n) is 1.23. The third-order valence-corrected chi connectivity index (χ3v) is 4.09. The lowest BCUT2D eigenvalue weighted by Gasteiger charge is -2.20. The molecule has 0 aliphatic heterocycles. The monoisotopic (exact) mass is 239 g/mol. The molecule has 0 bridgehead atoms. The largest absolute Gasteiger partial charge is 0.398 e. The van der Waals surface area contributed by atoms with E-state index in [-0.39, 0.29) is 6.10 Å². The minimum absolute atomic E-state index is 0.373. The maximum absolute atomic E-state index is 9.08. The number of hydrogen-bond donors (Lipinski definition) is 0. The number of nitrogens with zero attached hydrogens (tertiary/aromatic N) is 1. The maximum Gasteiger partial charge on any atom is 0.186 e. The second-order valence-corrected chi connectivity index (χ2v) is 10.1. The van der Waals surface area contributed by atoms with Crippen LogP contribution in [0.2, 0.25) is 19.6 Å². The predicted molar refractivity (Wildman–Crippen MR) is 66.5 cm³/mol. The molecule has 0 aliphatic rings. The van der Waals surface area contributed by atoms with E-state index in [0.29, 0.717) is 0 Å². The molecule has 0 amide bonds. The standard InChI is InChI=1S/C11H17NOSSi/c1-5-9-6-7-11(14-9)10(8-12)13-15(2,3)4/h6-7,10H,5H2,1-4H3. The Labute approximate surface area is 96.6 Å². The molecule has 4 heteroatoms. The van der Waals surface area contributed by atoms with Gasteiger partial charge in [0.2, 0.25) is 0 Å². The summed E-state index contributed by atoms with van der Waals surface area (Å²) in [7, 11) is -1.64. The zero-order chi connectivity index (χ0) is 11.5. The van der Waals surface area contributed by atoms with Crippen LogP contribution in [0.1, 0.15) is 22.8 Å². The van der Waals surface area contributed by atoms with E-state index in [2.05, 4.69) is 38.7 Å². The summed E-state index contributed by atoms with van der Waals surface area (Å²) >= 11 is 1.68. The van der Waals surface area contributed by atoms with Gasteiger partial charge in [-0.1, -0.05) is 6.92 Å². The second-order valence-electron chi connectivity index (χ2n) is 4.40. The molecule has 1 aromatic rings. The lowest BCUT2D eigenvalue weighted by atomic mass is 10.3. The molecule has 0 fully saturated rings. The Morgan fingerprint density at radius 3 is 2.53 bits per heavy atom. The summed E-state index contributed by atoms with van der Waals surface area (Å²) in [6.45, 7) is 8.43. The molecule has 0 spiro atoms. The fraction of sp³-hybridized carbons (Fsp3) is 0.545. The SMILES string of the molecule is CCc1ccc(C(C#N)O[Si](C)(C)C)s1. The van der Waals surface area contributed by atoms with Crippen LogP contribution in [0.25, 0.3) is 0 Å². The molecule has 1 rings (SSSR count). The van der Waals surface area contributed by atoms with Crippen molar-refractivity contribution in [3.05, 3.63) is 21.9 Å². The normalized spacial score (nSPS) is 13.5. The van der Waals surface area contributed by atoms with Gasteiger partial charge in [0.1, 0.15) is 0 Å². The van der Waals surface area contributed by atoms with Crippen molar-refractivity contribution in [1.82, 2.24) is 0 Å². The van der Waals surface area contributed by atoms with Gasteiger partial charge < -0.3 is 4.43 Å². The molecular weight excluding hydrogens is 222 g/mol. The van der Waals surface area contributed by atoms with Crippen LogP contribution in [0.5, 0.6) is 0 Å². The van der Waals surface area contributed by atoms with E-state index in [1.165, 1.54) is 4.88 Å². The van der Waals surface area contributed by atoms with E-state index < -0.39 is 8.32 Å². The van der Waals surface area contributed by atoms with Crippen molar-refractivity contribution in [3.63, 3.8) is 0 Å². The average Bonchev–Trinajstić information content (AvgIpc) is 2.60. The number of nitriles is 1. The smallest absolute Gasteiger partial charge is 0.186 e. The van der Waals surface area contributed by atoms with Crippen LogP contribution in [0, 0.1) is 11.3 Å². The topological polar surface area (TPSA) is 33.0 Å². The molecule has 1 atom stereocenters. The van der Waals surface area contributed by atoms with E-state index in [1.54, 1.807) is 11.3 Å². The summed E-state index contributed by atoms with van der Waals surface area (Å²) in [5, 5.41) is 9.08. The van der Waals surface area contributed by atoms with Gasteiger partial charge in [-0.05, 0) is 38.2 Å². The van der Waals surface area contributed by atoms with Crippen molar-refractivity contribution in [3.8, 4) is 6.07 Å². The molecule has 2 nitrogen and oxygen atoms in total. The summed E-state index contributed by atoms with van der Waals surface area (Å²) in [5.41, 5.74) is 0. The Kier molecular flexibility index (Phi) is 4.09. The predicted octanol–water partition coefficient (Wildman–Crippen LogP) is 3.73.